The van der Waals surface area contributed by atoms with Gasteiger partial charge in [0.1, 0.15) is 6.07 Å². The largest absolute Gasteiger partial charge is 0.369 e. The lowest BCUT2D eigenvalue weighted by Crippen LogP contribution is -2.06. The molecule has 1 aromatic carbocycles. The van der Waals surface area contributed by atoms with Crippen LogP contribution >= 0.6 is 34.5 Å². The number of nitriles is 1. The Balaban J connectivity index is 2.32. The van der Waals surface area contributed by atoms with Crippen LogP contribution in [0.1, 0.15) is 10.6 Å². The van der Waals surface area contributed by atoms with E-state index in [1.807, 2.05) is 14.1 Å². The molecule has 0 amide bonds. The summed E-state index contributed by atoms with van der Waals surface area (Å²) in [7, 11) is 3.71. The van der Waals surface area contributed by atoms with Crippen LogP contribution in [0.2, 0.25) is 10.0 Å². The first-order valence-corrected chi connectivity index (χ1v) is 7.68. The van der Waals surface area contributed by atoms with Gasteiger partial charge >= 0.3 is 0 Å². The maximum Gasteiger partial charge on any atom is 0.233 e. The molecular weight excluding hydrogens is 341 g/mol. The van der Waals surface area contributed by atoms with Gasteiger partial charge in [-0.2, -0.15) is 5.26 Å². The molecule has 1 heterocycles. The maximum atomic E-state index is 9.32. The Labute approximate surface area is 142 Å². The van der Waals surface area contributed by atoms with Crippen molar-refractivity contribution in [3.8, 4) is 6.07 Å². The van der Waals surface area contributed by atoms with Crippen LogP contribution in [-0.2, 0) is 0 Å². The molecule has 0 saturated carbocycles. The Bertz CT molecular complexity index is 774. The lowest BCUT2D eigenvalue weighted by molar-refractivity contribution is 0.643. The van der Waals surface area contributed by atoms with Crippen LogP contribution in [0, 0.1) is 11.3 Å². The quantitative estimate of drug-likeness (QED) is 0.471. The third kappa shape index (κ3) is 4.28. The lowest BCUT2D eigenvalue weighted by Gasteiger charge is -2.00. The van der Waals surface area contributed by atoms with Crippen molar-refractivity contribution in [1.29, 1.82) is 5.26 Å². The Morgan fingerprint density at radius 2 is 2.14 bits per heavy atom. The molecule has 0 bridgehead atoms. The normalized spacial score (nSPS) is 11.7. The summed E-state index contributed by atoms with van der Waals surface area (Å²) in [4.78, 5) is 5.93. The zero-order valence-electron chi connectivity index (χ0n) is 11.8. The summed E-state index contributed by atoms with van der Waals surface area (Å²) in [6.07, 6.45) is 3.27. The molecule has 0 atom stereocenters. The lowest BCUT2D eigenvalue weighted by atomic mass is 10.1. The first kappa shape index (κ1) is 16.4. The number of hydrogen-bond donors (Lipinski definition) is 0. The second kappa shape index (κ2) is 7.36. The summed E-state index contributed by atoms with van der Waals surface area (Å²) < 4.78 is 0. The molecule has 22 heavy (non-hydrogen) atoms. The molecule has 0 aliphatic carbocycles. The van der Waals surface area contributed by atoms with Gasteiger partial charge in [0.25, 0.3) is 0 Å². The zero-order chi connectivity index (χ0) is 16.1. The zero-order valence-corrected chi connectivity index (χ0v) is 14.1. The number of halogens is 2. The smallest absolute Gasteiger partial charge is 0.233 e. The molecular formula is C14H11Cl2N5S. The summed E-state index contributed by atoms with van der Waals surface area (Å²) in [5.41, 5.74) is 1.06. The fraction of sp³-hybridized carbons (Fsp3) is 0.143. The minimum atomic E-state index is 0.369. The number of nitrogens with zero attached hydrogens (tertiary/aromatic N) is 5. The van der Waals surface area contributed by atoms with E-state index in [4.69, 9.17) is 23.2 Å². The number of hydrogen-bond acceptors (Lipinski definition) is 5. The molecule has 0 fully saturated rings. The monoisotopic (exact) mass is 351 g/mol. The molecule has 1 aromatic heterocycles. The van der Waals surface area contributed by atoms with Crippen molar-refractivity contribution in [3.05, 3.63) is 38.8 Å². The third-order valence-corrected chi connectivity index (χ3v) is 3.85. The Hall–Kier alpha value is -1.94. The molecule has 5 nitrogen and oxygen atoms in total. The highest BCUT2D eigenvalue weighted by molar-refractivity contribution is 7.16. The topological polar surface area (TPSA) is 65.2 Å². The SMILES string of the molecule is CN(C)C=Nc1nnc(/C(C#N)=C/c2ccc(Cl)cc2Cl)s1. The summed E-state index contributed by atoms with van der Waals surface area (Å²) in [5.74, 6) is 0. The van der Waals surface area contributed by atoms with E-state index in [-0.39, 0.29) is 0 Å². The van der Waals surface area contributed by atoms with Crippen LogP contribution < -0.4 is 0 Å². The van der Waals surface area contributed by atoms with E-state index in [1.54, 1.807) is 35.5 Å². The summed E-state index contributed by atoms with van der Waals surface area (Å²) in [6, 6.07) is 7.18. The highest BCUT2D eigenvalue weighted by Crippen LogP contribution is 2.28. The van der Waals surface area contributed by atoms with Gasteiger partial charge in [-0.05, 0) is 23.8 Å². The van der Waals surface area contributed by atoms with E-state index < -0.39 is 0 Å². The predicted octanol–water partition coefficient (Wildman–Crippen LogP) is 4.13. The highest BCUT2D eigenvalue weighted by atomic mass is 35.5. The van der Waals surface area contributed by atoms with Crippen molar-refractivity contribution in [2.75, 3.05) is 14.1 Å². The standard InChI is InChI=1S/C14H11Cl2N5S/c1-21(2)8-18-14-20-19-13(22-14)10(7-17)5-9-3-4-11(15)6-12(9)16/h3-6,8H,1-2H3/b10-5+,18-8?. The fourth-order valence-electron chi connectivity index (χ4n) is 1.46. The van der Waals surface area contributed by atoms with E-state index in [0.29, 0.717) is 31.3 Å². The summed E-state index contributed by atoms with van der Waals surface area (Å²) in [5, 5.41) is 19.2. The molecule has 0 saturated heterocycles. The van der Waals surface area contributed by atoms with Crippen LogP contribution in [0.25, 0.3) is 11.6 Å². The van der Waals surface area contributed by atoms with E-state index in [1.165, 1.54) is 11.3 Å². The van der Waals surface area contributed by atoms with E-state index in [9.17, 15) is 5.26 Å². The van der Waals surface area contributed by atoms with Gasteiger partial charge < -0.3 is 4.90 Å². The summed E-state index contributed by atoms with van der Waals surface area (Å²) in [6.45, 7) is 0. The average Bonchev–Trinajstić information content (AvgIpc) is 2.93. The second-order valence-corrected chi connectivity index (χ2v) is 6.23. The molecule has 0 aliphatic heterocycles. The van der Waals surface area contributed by atoms with Gasteiger partial charge in [0.15, 0.2) is 5.01 Å². The highest BCUT2D eigenvalue weighted by Gasteiger charge is 2.10. The van der Waals surface area contributed by atoms with Crippen LogP contribution in [0.15, 0.2) is 23.2 Å². The maximum absolute atomic E-state index is 9.32. The first-order chi connectivity index (χ1) is 10.5. The minimum Gasteiger partial charge on any atom is -0.369 e. The Kier molecular flexibility index (Phi) is 5.50. The number of allylic oxidation sites excluding steroid dienone is 1. The van der Waals surface area contributed by atoms with Crippen molar-refractivity contribution in [2.24, 2.45) is 4.99 Å². The van der Waals surface area contributed by atoms with Gasteiger partial charge in [-0.15, -0.1) is 10.2 Å². The number of aromatic nitrogens is 2. The first-order valence-electron chi connectivity index (χ1n) is 6.11. The third-order valence-electron chi connectivity index (χ3n) is 2.43. The molecule has 0 unspecified atom stereocenters. The Morgan fingerprint density at radius 3 is 2.77 bits per heavy atom. The van der Waals surface area contributed by atoms with Gasteiger partial charge in [0, 0.05) is 24.1 Å². The van der Waals surface area contributed by atoms with E-state index in [0.717, 1.165) is 0 Å². The van der Waals surface area contributed by atoms with Gasteiger partial charge in [0.2, 0.25) is 5.13 Å². The van der Waals surface area contributed by atoms with Crippen molar-refractivity contribution in [2.45, 2.75) is 0 Å². The molecule has 0 radical (unpaired) electrons. The van der Waals surface area contributed by atoms with Gasteiger partial charge in [-0.3, -0.25) is 0 Å². The molecule has 8 heteroatoms. The van der Waals surface area contributed by atoms with Crippen LogP contribution in [0.5, 0.6) is 0 Å². The van der Waals surface area contributed by atoms with Crippen molar-refractivity contribution in [1.82, 2.24) is 15.1 Å². The van der Waals surface area contributed by atoms with E-state index >= 15 is 0 Å². The minimum absolute atomic E-state index is 0.369. The van der Waals surface area contributed by atoms with Crippen LogP contribution in [0.3, 0.4) is 0 Å². The van der Waals surface area contributed by atoms with Gasteiger partial charge in [-0.25, -0.2) is 4.99 Å². The fourth-order valence-corrected chi connectivity index (χ4v) is 2.57. The Morgan fingerprint density at radius 1 is 1.36 bits per heavy atom. The second-order valence-electron chi connectivity index (χ2n) is 4.43. The number of benzene rings is 1. The van der Waals surface area contributed by atoms with Crippen molar-refractivity contribution < 1.29 is 0 Å². The molecule has 2 aromatic rings. The molecule has 0 aliphatic rings. The van der Waals surface area contributed by atoms with Crippen molar-refractivity contribution >= 4 is 57.7 Å². The summed E-state index contributed by atoms with van der Waals surface area (Å²) >= 11 is 13.2. The van der Waals surface area contributed by atoms with E-state index in [2.05, 4.69) is 21.3 Å². The molecule has 2 rings (SSSR count). The number of rotatable bonds is 4. The number of aliphatic imine (C=N–C) groups is 1. The van der Waals surface area contributed by atoms with Gasteiger partial charge in [-0.1, -0.05) is 40.6 Å². The molecule has 0 N–H and O–H groups in total. The van der Waals surface area contributed by atoms with Crippen LogP contribution in [0.4, 0.5) is 5.13 Å². The van der Waals surface area contributed by atoms with Crippen LogP contribution in [-0.4, -0.2) is 35.5 Å². The van der Waals surface area contributed by atoms with Crippen molar-refractivity contribution in [3.63, 3.8) is 0 Å². The molecule has 0 spiro atoms. The van der Waals surface area contributed by atoms with Gasteiger partial charge in [0.05, 0.1) is 11.9 Å². The molecule has 112 valence electrons. The average molecular weight is 352 g/mol. The predicted molar refractivity (Wildman–Crippen MR) is 91.7 cm³/mol.